The van der Waals surface area contributed by atoms with Crippen LogP contribution in [0.25, 0.3) is 0 Å². The van der Waals surface area contributed by atoms with Crippen LogP contribution < -0.4 is 20.1 Å². The third-order valence-corrected chi connectivity index (χ3v) is 6.87. The van der Waals surface area contributed by atoms with Crippen LogP contribution in [-0.2, 0) is 14.8 Å². The highest BCUT2D eigenvalue weighted by molar-refractivity contribution is 7.89. The molecule has 1 amide bonds. The second kappa shape index (κ2) is 8.58. The van der Waals surface area contributed by atoms with Gasteiger partial charge >= 0.3 is 0 Å². The van der Waals surface area contributed by atoms with Gasteiger partial charge < -0.3 is 15.4 Å². The number of hydrogen-bond donors (Lipinski definition) is 3. The first-order chi connectivity index (χ1) is 12.9. The Morgan fingerprint density at radius 2 is 1.96 bits per heavy atom. The zero-order chi connectivity index (χ0) is 19.4. The van der Waals surface area contributed by atoms with E-state index in [-0.39, 0.29) is 22.6 Å². The van der Waals surface area contributed by atoms with Crippen LogP contribution in [0.4, 0.5) is 5.69 Å². The van der Waals surface area contributed by atoms with Gasteiger partial charge in [-0.3, -0.25) is 4.79 Å². The predicted molar refractivity (Wildman–Crippen MR) is 104 cm³/mol. The first-order valence-corrected chi connectivity index (χ1v) is 11.1. The summed E-state index contributed by atoms with van der Waals surface area (Å²) in [6.45, 7) is 4.12. The van der Waals surface area contributed by atoms with Gasteiger partial charge in [0, 0.05) is 18.2 Å². The molecule has 1 aromatic rings. The van der Waals surface area contributed by atoms with Crippen molar-refractivity contribution >= 4 is 21.6 Å². The normalized spacial score (nSPS) is 19.5. The van der Waals surface area contributed by atoms with E-state index in [1.165, 1.54) is 13.2 Å². The Labute approximate surface area is 161 Å². The van der Waals surface area contributed by atoms with Gasteiger partial charge in [0.05, 0.1) is 7.11 Å². The second-order valence-corrected chi connectivity index (χ2v) is 9.26. The molecule has 1 atom stereocenters. The molecule has 27 heavy (non-hydrogen) atoms. The molecule has 3 rings (SSSR count). The topological polar surface area (TPSA) is 96.5 Å². The molecular weight excluding hydrogens is 366 g/mol. The maximum Gasteiger partial charge on any atom is 0.244 e. The first kappa shape index (κ1) is 20.1. The Kier molecular flexibility index (Phi) is 6.39. The average Bonchev–Trinajstić information content (AvgIpc) is 3.45. The molecule has 1 aliphatic carbocycles. The van der Waals surface area contributed by atoms with Gasteiger partial charge in [0.15, 0.2) is 0 Å². The Hall–Kier alpha value is -1.64. The van der Waals surface area contributed by atoms with Crippen LogP contribution in [0.3, 0.4) is 0 Å². The van der Waals surface area contributed by atoms with Crippen LogP contribution in [0.15, 0.2) is 23.1 Å². The molecule has 1 saturated carbocycles. The molecule has 7 nitrogen and oxygen atoms in total. The summed E-state index contributed by atoms with van der Waals surface area (Å²) in [5.41, 5.74) is 0.467. The number of rotatable bonds is 8. The summed E-state index contributed by atoms with van der Waals surface area (Å²) in [5, 5.41) is 6.18. The van der Waals surface area contributed by atoms with Gasteiger partial charge in [-0.05, 0) is 68.8 Å². The van der Waals surface area contributed by atoms with Crippen molar-refractivity contribution in [2.45, 2.75) is 50.0 Å². The molecule has 0 spiro atoms. The summed E-state index contributed by atoms with van der Waals surface area (Å²) < 4.78 is 33.0. The summed E-state index contributed by atoms with van der Waals surface area (Å²) >= 11 is 0. The van der Waals surface area contributed by atoms with Gasteiger partial charge in [-0.25, -0.2) is 13.1 Å². The van der Waals surface area contributed by atoms with E-state index in [4.69, 9.17) is 4.74 Å². The van der Waals surface area contributed by atoms with Gasteiger partial charge in [0.2, 0.25) is 15.9 Å². The number of ether oxygens (including phenoxy) is 1. The van der Waals surface area contributed by atoms with E-state index in [9.17, 15) is 13.2 Å². The van der Waals surface area contributed by atoms with Gasteiger partial charge in [-0.2, -0.15) is 0 Å². The largest absolute Gasteiger partial charge is 0.495 e. The fraction of sp³-hybridized carbons (Fsp3) is 0.632. The highest BCUT2D eigenvalue weighted by Crippen LogP contribution is 2.30. The Bertz CT molecular complexity index is 771. The van der Waals surface area contributed by atoms with E-state index in [0.29, 0.717) is 23.9 Å². The van der Waals surface area contributed by atoms with Crippen LogP contribution >= 0.6 is 0 Å². The molecule has 150 valence electrons. The number of piperidine rings is 1. The smallest absolute Gasteiger partial charge is 0.244 e. The summed E-state index contributed by atoms with van der Waals surface area (Å²) in [5.74, 6) is 1.02. The molecular formula is C19H29N3O4S. The SMILES string of the molecule is COc1ccc(NC(=O)CC(C)C2CCNCC2)cc1S(=O)(=O)NC1CC1. The van der Waals surface area contributed by atoms with Gasteiger partial charge in [0.1, 0.15) is 10.6 Å². The molecule has 0 radical (unpaired) electrons. The zero-order valence-corrected chi connectivity index (χ0v) is 16.8. The highest BCUT2D eigenvalue weighted by atomic mass is 32.2. The lowest BCUT2D eigenvalue weighted by Crippen LogP contribution is -2.32. The molecule has 1 heterocycles. The number of benzene rings is 1. The molecule has 2 aliphatic rings. The van der Waals surface area contributed by atoms with E-state index in [1.54, 1.807) is 12.1 Å². The van der Waals surface area contributed by atoms with Crippen molar-refractivity contribution in [1.29, 1.82) is 0 Å². The fourth-order valence-corrected chi connectivity index (χ4v) is 5.03. The third-order valence-electron chi connectivity index (χ3n) is 5.33. The number of anilines is 1. The lowest BCUT2D eigenvalue weighted by molar-refractivity contribution is -0.117. The van der Waals surface area contributed by atoms with Crippen molar-refractivity contribution < 1.29 is 17.9 Å². The number of hydrogen-bond acceptors (Lipinski definition) is 5. The lowest BCUT2D eigenvalue weighted by atomic mass is 9.84. The first-order valence-electron chi connectivity index (χ1n) is 9.60. The quantitative estimate of drug-likeness (QED) is 0.626. The summed E-state index contributed by atoms with van der Waals surface area (Å²) in [4.78, 5) is 12.5. The molecule has 0 bridgehead atoms. The molecule has 2 fully saturated rings. The Balaban J connectivity index is 1.67. The lowest BCUT2D eigenvalue weighted by Gasteiger charge is -2.27. The van der Waals surface area contributed by atoms with Crippen LogP contribution in [0.2, 0.25) is 0 Å². The Morgan fingerprint density at radius 1 is 1.26 bits per heavy atom. The summed E-state index contributed by atoms with van der Waals surface area (Å²) in [7, 11) is -2.24. The molecule has 0 aromatic heterocycles. The molecule has 1 saturated heterocycles. The zero-order valence-electron chi connectivity index (χ0n) is 16.0. The van der Waals surface area contributed by atoms with E-state index in [0.717, 1.165) is 38.8 Å². The Morgan fingerprint density at radius 3 is 2.59 bits per heavy atom. The van der Waals surface area contributed by atoms with E-state index >= 15 is 0 Å². The molecule has 1 aliphatic heterocycles. The van der Waals surface area contributed by atoms with Crippen LogP contribution in [0.1, 0.15) is 39.0 Å². The minimum Gasteiger partial charge on any atom is -0.495 e. The van der Waals surface area contributed by atoms with Crippen molar-refractivity contribution in [3.8, 4) is 5.75 Å². The van der Waals surface area contributed by atoms with E-state index in [1.807, 2.05) is 0 Å². The van der Waals surface area contributed by atoms with E-state index < -0.39 is 10.0 Å². The molecule has 3 N–H and O–H groups in total. The fourth-order valence-electron chi connectivity index (χ4n) is 3.53. The van der Waals surface area contributed by atoms with Gasteiger partial charge in [0.25, 0.3) is 0 Å². The number of nitrogens with one attached hydrogen (secondary N) is 3. The number of sulfonamides is 1. The number of methoxy groups -OCH3 is 1. The third kappa shape index (κ3) is 5.43. The minimum atomic E-state index is -3.67. The van der Waals surface area contributed by atoms with Gasteiger partial charge in [-0.15, -0.1) is 0 Å². The molecule has 8 heteroatoms. The molecule has 1 aromatic carbocycles. The number of carbonyl (C=O) groups is 1. The van der Waals surface area contributed by atoms with Crippen LogP contribution in [0, 0.1) is 11.8 Å². The van der Waals surface area contributed by atoms with Crippen molar-refractivity contribution in [3.05, 3.63) is 18.2 Å². The van der Waals surface area contributed by atoms with Crippen LogP contribution in [-0.4, -0.2) is 40.6 Å². The number of carbonyl (C=O) groups excluding carboxylic acids is 1. The maximum absolute atomic E-state index is 12.6. The summed E-state index contributed by atoms with van der Waals surface area (Å²) in [6, 6.07) is 4.72. The highest BCUT2D eigenvalue weighted by Gasteiger charge is 2.30. The minimum absolute atomic E-state index is 0.00351. The standard InChI is InChI=1S/C19H29N3O4S/c1-13(14-7-9-20-10-8-14)11-19(23)21-16-5-6-17(26-2)18(12-16)27(24,25)22-15-3-4-15/h5-6,12-15,20,22H,3-4,7-11H2,1-2H3,(H,21,23). The van der Waals surface area contributed by atoms with Crippen molar-refractivity contribution in [3.63, 3.8) is 0 Å². The van der Waals surface area contributed by atoms with Crippen molar-refractivity contribution in [2.75, 3.05) is 25.5 Å². The monoisotopic (exact) mass is 395 g/mol. The van der Waals surface area contributed by atoms with E-state index in [2.05, 4.69) is 22.3 Å². The molecule has 1 unspecified atom stereocenters. The predicted octanol–water partition coefficient (Wildman–Crippen LogP) is 2.10. The van der Waals surface area contributed by atoms with Crippen molar-refractivity contribution in [2.24, 2.45) is 11.8 Å². The second-order valence-electron chi connectivity index (χ2n) is 7.58. The summed E-state index contributed by atoms with van der Waals surface area (Å²) in [6.07, 6.45) is 4.32. The average molecular weight is 396 g/mol. The van der Waals surface area contributed by atoms with Gasteiger partial charge in [-0.1, -0.05) is 6.92 Å². The van der Waals surface area contributed by atoms with Crippen molar-refractivity contribution in [1.82, 2.24) is 10.0 Å². The van der Waals surface area contributed by atoms with Crippen LogP contribution in [0.5, 0.6) is 5.75 Å². The maximum atomic E-state index is 12.6. The number of amides is 1.